The van der Waals surface area contributed by atoms with Crippen LogP contribution in [0.2, 0.25) is 5.02 Å². The minimum atomic E-state index is -1.08. The molecule has 18 heavy (non-hydrogen) atoms. The van der Waals surface area contributed by atoms with E-state index in [4.69, 9.17) is 21.1 Å². The molecule has 1 heterocycles. The van der Waals surface area contributed by atoms with E-state index in [-0.39, 0.29) is 5.76 Å². The van der Waals surface area contributed by atoms with Crippen molar-refractivity contribution in [3.63, 3.8) is 0 Å². The molecule has 0 fully saturated rings. The highest BCUT2D eigenvalue weighted by atomic mass is 79.9. The molecule has 4 nitrogen and oxygen atoms in total. The lowest BCUT2D eigenvalue weighted by Gasteiger charge is -2.08. The molecule has 94 valence electrons. The summed E-state index contributed by atoms with van der Waals surface area (Å²) in [6, 6.07) is 7.03. The van der Waals surface area contributed by atoms with Gasteiger partial charge in [0.15, 0.2) is 0 Å². The van der Waals surface area contributed by atoms with Crippen molar-refractivity contribution in [2.24, 2.45) is 0 Å². The number of nitrogens with one attached hydrogen (secondary N) is 1. The molecular formula is C12H9BrClNO3. The Morgan fingerprint density at radius 3 is 2.94 bits per heavy atom. The Kier molecular flexibility index (Phi) is 3.93. The highest BCUT2D eigenvalue weighted by molar-refractivity contribution is 9.10. The maximum atomic E-state index is 10.9. The normalized spacial score (nSPS) is 10.3. The number of carboxylic acids is 1. The Morgan fingerprint density at radius 2 is 2.22 bits per heavy atom. The topological polar surface area (TPSA) is 62.5 Å². The van der Waals surface area contributed by atoms with E-state index < -0.39 is 5.97 Å². The zero-order valence-electron chi connectivity index (χ0n) is 9.11. The first-order valence-corrected chi connectivity index (χ1v) is 6.24. The van der Waals surface area contributed by atoms with Crippen LogP contribution in [0.4, 0.5) is 5.69 Å². The van der Waals surface area contributed by atoms with Gasteiger partial charge in [0, 0.05) is 12.1 Å². The minimum Gasteiger partial charge on any atom is -0.475 e. The van der Waals surface area contributed by atoms with Crippen molar-refractivity contribution >= 4 is 39.2 Å². The molecule has 0 aliphatic rings. The minimum absolute atomic E-state index is 0.0550. The number of anilines is 1. The quantitative estimate of drug-likeness (QED) is 0.889. The van der Waals surface area contributed by atoms with Gasteiger partial charge in [-0.2, -0.15) is 0 Å². The van der Waals surface area contributed by atoms with E-state index in [1.807, 2.05) is 12.1 Å². The van der Waals surface area contributed by atoms with Crippen LogP contribution < -0.4 is 5.32 Å². The number of benzene rings is 1. The van der Waals surface area contributed by atoms with Crippen LogP contribution in [0, 0.1) is 0 Å². The van der Waals surface area contributed by atoms with Gasteiger partial charge in [0.25, 0.3) is 0 Å². The molecule has 2 aromatic rings. The van der Waals surface area contributed by atoms with Gasteiger partial charge in [-0.1, -0.05) is 17.7 Å². The number of aromatic carboxylic acids is 1. The van der Waals surface area contributed by atoms with Crippen molar-refractivity contribution in [3.05, 3.63) is 51.3 Å². The van der Waals surface area contributed by atoms with Crippen molar-refractivity contribution in [1.82, 2.24) is 0 Å². The Bertz CT molecular complexity index is 582. The fourth-order valence-electron chi connectivity index (χ4n) is 1.49. The molecular weight excluding hydrogens is 321 g/mol. The highest BCUT2D eigenvalue weighted by Crippen LogP contribution is 2.30. The van der Waals surface area contributed by atoms with Crippen LogP contribution >= 0.6 is 27.5 Å². The number of halogens is 2. The van der Waals surface area contributed by atoms with Gasteiger partial charge < -0.3 is 14.8 Å². The molecule has 2 rings (SSSR count). The van der Waals surface area contributed by atoms with Gasteiger partial charge in [-0.25, -0.2) is 4.79 Å². The summed E-state index contributed by atoms with van der Waals surface area (Å²) in [6.45, 7) is 0.344. The second-order valence-electron chi connectivity index (χ2n) is 3.54. The third-order valence-electron chi connectivity index (χ3n) is 2.36. The van der Waals surface area contributed by atoms with Crippen LogP contribution in [-0.4, -0.2) is 11.1 Å². The fraction of sp³-hybridized carbons (Fsp3) is 0.0833. The number of hydrogen-bond acceptors (Lipinski definition) is 3. The van der Waals surface area contributed by atoms with E-state index in [1.165, 1.54) is 6.26 Å². The second kappa shape index (κ2) is 5.46. The van der Waals surface area contributed by atoms with Gasteiger partial charge in [0.2, 0.25) is 5.76 Å². The monoisotopic (exact) mass is 329 g/mol. The van der Waals surface area contributed by atoms with Gasteiger partial charge in [-0.3, -0.25) is 0 Å². The Labute approximate surface area is 117 Å². The highest BCUT2D eigenvalue weighted by Gasteiger charge is 2.13. The van der Waals surface area contributed by atoms with E-state index in [0.29, 0.717) is 17.1 Å². The summed E-state index contributed by atoms with van der Waals surface area (Å²) in [6.07, 6.45) is 1.35. The largest absolute Gasteiger partial charge is 0.475 e. The van der Waals surface area contributed by atoms with Gasteiger partial charge >= 0.3 is 5.97 Å². The van der Waals surface area contributed by atoms with Crippen LogP contribution in [0.1, 0.15) is 16.1 Å². The van der Waals surface area contributed by atoms with Gasteiger partial charge in [0.1, 0.15) is 0 Å². The number of hydrogen-bond donors (Lipinski definition) is 2. The predicted octanol–water partition coefficient (Wildman–Crippen LogP) is 4.01. The van der Waals surface area contributed by atoms with E-state index in [2.05, 4.69) is 21.2 Å². The summed E-state index contributed by atoms with van der Waals surface area (Å²) >= 11 is 9.31. The standard InChI is InChI=1S/C12H9BrClNO3/c13-10-8(14)2-1-3-9(10)15-6-7-4-5-18-11(7)12(16)17/h1-5,15H,6H2,(H,16,17). The molecule has 0 aliphatic carbocycles. The molecule has 0 saturated carbocycles. The Balaban J connectivity index is 2.14. The number of carboxylic acid groups (broad SMARTS) is 1. The SMILES string of the molecule is O=C(O)c1occc1CNc1cccc(Cl)c1Br. The summed E-state index contributed by atoms with van der Waals surface area (Å²) in [7, 11) is 0. The number of furan rings is 1. The molecule has 0 spiro atoms. The number of carbonyl (C=O) groups is 1. The van der Waals surface area contributed by atoms with E-state index >= 15 is 0 Å². The predicted molar refractivity (Wildman–Crippen MR) is 72.1 cm³/mol. The maximum Gasteiger partial charge on any atom is 0.372 e. The first-order valence-electron chi connectivity index (χ1n) is 5.07. The van der Waals surface area contributed by atoms with E-state index in [9.17, 15) is 4.79 Å². The van der Waals surface area contributed by atoms with E-state index in [0.717, 1.165) is 10.2 Å². The van der Waals surface area contributed by atoms with Crippen molar-refractivity contribution in [2.45, 2.75) is 6.54 Å². The molecule has 0 radical (unpaired) electrons. The van der Waals surface area contributed by atoms with Crippen LogP contribution in [0.3, 0.4) is 0 Å². The summed E-state index contributed by atoms with van der Waals surface area (Å²) in [5.74, 6) is -1.14. The van der Waals surface area contributed by atoms with Crippen LogP contribution in [0.15, 0.2) is 39.4 Å². The fourth-order valence-corrected chi connectivity index (χ4v) is 2.07. The molecule has 0 amide bonds. The lowest BCUT2D eigenvalue weighted by molar-refractivity contribution is 0.0661. The van der Waals surface area contributed by atoms with Crippen LogP contribution in [-0.2, 0) is 6.54 Å². The van der Waals surface area contributed by atoms with Crippen molar-refractivity contribution in [3.8, 4) is 0 Å². The maximum absolute atomic E-state index is 10.9. The van der Waals surface area contributed by atoms with Crippen molar-refractivity contribution < 1.29 is 14.3 Å². The first-order chi connectivity index (χ1) is 8.59. The summed E-state index contributed by atoms with van der Waals surface area (Å²) in [5.41, 5.74) is 1.37. The third-order valence-corrected chi connectivity index (χ3v) is 3.76. The molecule has 0 saturated heterocycles. The average Bonchev–Trinajstić information content (AvgIpc) is 2.79. The summed E-state index contributed by atoms with van der Waals surface area (Å²) in [5, 5.41) is 12.6. The summed E-state index contributed by atoms with van der Waals surface area (Å²) < 4.78 is 5.63. The zero-order chi connectivity index (χ0) is 13.1. The molecule has 0 atom stereocenters. The van der Waals surface area contributed by atoms with Gasteiger partial charge in [0.05, 0.1) is 21.4 Å². The third kappa shape index (κ3) is 2.68. The zero-order valence-corrected chi connectivity index (χ0v) is 11.5. The van der Waals surface area contributed by atoms with Crippen molar-refractivity contribution in [2.75, 3.05) is 5.32 Å². The van der Waals surface area contributed by atoms with Crippen LogP contribution in [0.25, 0.3) is 0 Å². The first kappa shape index (κ1) is 13.0. The smallest absolute Gasteiger partial charge is 0.372 e. The molecule has 2 N–H and O–H groups in total. The number of rotatable bonds is 4. The molecule has 1 aromatic carbocycles. The molecule has 0 aliphatic heterocycles. The molecule has 6 heteroatoms. The van der Waals surface area contributed by atoms with Gasteiger partial charge in [-0.05, 0) is 34.1 Å². The second-order valence-corrected chi connectivity index (χ2v) is 4.74. The Morgan fingerprint density at radius 1 is 1.44 bits per heavy atom. The van der Waals surface area contributed by atoms with Gasteiger partial charge in [-0.15, -0.1) is 0 Å². The molecule has 0 unspecified atom stereocenters. The molecule has 1 aromatic heterocycles. The van der Waals surface area contributed by atoms with E-state index in [1.54, 1.807) is 12.1 Å². The van der Waals surface area contributed by atoms with Crippen molar-refractivity contribution in [1.29, 1.82) is 0 Å². The summed E-state index contributed by atoms with van der Waals surface area (Å²) in [4.78, 5) is 10.9. The lowest BCUT2D eigenvalue weighted by Crippen LogP contribution is -2.05. The lowest BCUT2D eigenvalue weighted by atomic mass is 10.2. The van der Waals surface area contributed by atoms with Crippen LogP contribution in [0.5, 0.6) is 0 Å². The Hall–Kier alpha value is -1.46. The molecule has 0 bridgehead atoms. The average molecular weight is 331 g/mol.